The Labute approximate surface area is 94.7 Å². The van der Waals surface area contributed by atoms with E-state index >= 15 is 0 Å². The van der Waals surface area contributed by atoms with Crippen LogP contribution >= 0.6 is 11.6 Å². The Kier molecular flexibility index (Phi) is 2.98. The standard InChI is InChI=1S/C10H7ClF2N2O/c11-7-5-3-1-2-4-6(5)14-15-8(7)9(16)10(12)13/h1-4,9-10,16H. The Balaban J connectivity index is 2.61. The Morgan fingerprint density at radius 3 is 2.56 bits per heavy atom. The van der Waals surface area contributed by atoms with E-state index in [1.54, 1.807) is 24.3 Å². The lowest BCUT2D eigenvalue weighted by atomic mass is 10.1. The second kappa shape index (κ2) is 4.27. The van der Waals surface area contributed by atoms with Crippen LogP contribution in [0.1, 0.15) is 11.8 Å². The zero-order valence-corrected chi connectivity index (χ0v) is 8.70. The fourth-order valence-electron chi connectivity index (χ4n) is 1.34. The van der Waals surface area contributed by atoms with Crippen LogP contribution in [0.25, 0.3) is 10.9 Å². The minimum absolute atomic E-state index is 0.0124. The molecule has 2 rings (SSSR count). The van der Waals surface area contributed by atoms with Gasteiger partial charge in [-0.3, -0.25) is 0 Å². The number of hydrogen-bond donors (Lipinski definition) is 1. The molecule has 1 aromatic heterocycles. The van der Waals surface area contributed by atoms with E-state index in [-0.39, 0.29) is 10.7 Å². The van der Waals surface area contributed by atoms with Gasteiger partial charge in [-0.15, -0.1) is 0 Å². The first-order valence-electron chi connectivity index (χ1n) is 4.48. The molecular weight excluding hydrogens is 238 g/mol. The van der Waals surface area contributed by atoms with E-state index in [2.05, 4.69) is 10.2 Å². The molecule has 1 atom stereocenters. The molecule has 0 amide bonds. The van der Waals surface area contributed by atoms with Crippen LogP contribution in [0.3, 0.4) is 0 Å². The van der Waals surface area contributed by atoms with Crippen LogP contribution in [0.4, 0.5) is 8.78 Å². The maximum Gasteiger partial charge on any atom is 0.269 e. The third-order valence-corrected chi connectivity index (χ3v) is 2.55. The van der Waals surface area contributed by atoms with Crippen molar-refractivity contribution in [2.45, 2.75) is 12.5 Å². The Hall–Kier alpha value is -1.33. The molecule has 2 aromatic rings. The van der Waals surface area contributed by atoms with Crippen LogP contribution in [0, 0.1) is 0 Å². The molecule has 0 aliphatic carbocycles. The first-order valence-corrected chi connectivity index (χ1v) is 4.86. The largest absolute Gasteiger partial charge is 0.381 e. The maximum atomic E-state index is 12.3. The van der Waals surface area contributed by atoms with Crippen LogP contribution < -0.4 is 0 Å². The van der Waals surface area contributed by atoms with Crippen molar-refractivity contribution in [2.24, 2.45) is 0 Å². The summed E-state index contributed by atoms with van der Waals surface area (Å²) in [6.45, 7) is 0. The van der Waals surface area contributed by atoms with Gasteiger partial charge in [0.1, 0.15) is 5.69 Å². The van der Waals surface area contributed by atoms with Crippen LogP contribution in [0.2, 0.25) is 5.02 Å². The van der Waals surface area contributed by atoms with Crippen LogP contribution in [-0.2, 0) is 0 Å². The molecule has 0 saturated carbocycles. The zero-order valence-electron chi connectivity index (χ0n) is 7.94. The summed E-state index contributed by atoms with van der Waals surface area (Å²) >= 11 is 5.88. The van der Waals surface area contributed by atoms with E-state index < -0.39 is 12.5 Å². The van der Waals surface area contributed by atoms with Gasteiger partial charge in [0.25, 0.3) is 6.43 Å². The van der Waals surface area contributed by atoms with Crippen molar-refractivity contribution in [1.29, 1.82) is 0 Å². The molecule has 6 heteroatoms. The van der Waals surface area contributed by atoms with E-state index in [1.807, 2.05) is 0 Å². The van der Waals surface area contributed by atoms with E-state index in [9.17, 15) is 13.9 Å². The van der Waals surface area contributed by atoms with Crippen molar-refractivity contribution in [2.75, 3.05) is 0 Å². The third kappa shape index (κ3) is 1.83. The van der Waals surface area contributed by atoms with Gasteiger partial charge >= 0.3 is 0 Å². The van der Waals surface area contributed by atoms with Crippen molar-refractivity contribution < 1.29 is 13.9 Å². The monoisotopic (exact) mass is 244 g/mol. The molecule has 0 spiro atoms. The summed E-state index contributed by atoms with van der Waals surface area (Å²) < 4.78 is 24.6. The van der Waals surface area contributed by atoms with Crippen molar-refractivity contribution in [1.82, 2.24) is 10.2 Å². The van der Waals surface area contributed by atoms with E-state index in [4.69, 9.17) is 11.6 Å². The lowest BCUT2D eigenvalue weighted by molar-refractivity contribution is -0.00850. The molecule has 3 nitrogen and oxygen atoms in total. The molecule has 1 aromatic carbocycles. The molecule has 0 radical (unpaired) electrons. The summed E-state index contributed by atoms with van der Waals surface area (Å²) in [7, 11) is 0. The van der Waals surface area contributed by atoms with Gasteiger partial charge in [-0.2, -0.15) is 10.2 Å². The lowest BCUT2D eigenvalue weighted by Crippen LogP contribution is -2.11. The Morgan fingerprint density at radius 2 is 1.88 bits per heavy atom. The van der Waals surface area contributed by atoms with Gasteiger partial charge in [0.05, 0.1) is 10.5 Å². The molecule has 84 valence electrons. The SMILES string of the molecule is OC(c1nnc2ccccc2c1Cl)C(F)F. The Morgan fingerprint density at radius 1 is 1.19 bits per heavy atom. The minimum Gasteiger partial charge on any atom is -0.381 e. The van der Waals surface area contributed by atoms with Gasteiger partial charge in [-0.25, -0.2) is 8.78 Å². The second-order valence-corrected chi connectivity index (χ2v) is 3.57. The van der Waals surface area contributed by atoms with Crippen LogP contribution in [0.5, 0.6) is 0 Å². The van der Waals surface area contributed by atoms with E-state index in [1.165, 1.54) is 0 Å². The lowest BCUT2D eigenvalue weighted by Gasteiger charge is -2.10. The fourth-order valence-corrected chi connectivity index (χ4v) is 1.65. The van der Waals surface area contributed by atoms with Gasteiger partial charge in [0, 0.05) is 5.39 Å². The quantitative estimate of drug-likeness (QED) is 0.883. The number of benzene rings is 1. The van der Waals surface area contributed by atoms with Gasteiger partial charge in [0.2, 0.25) is 0 Å². The first-order chi connectivity index (χ1) is 7.61. The molecule has 1 heterocycles. The highest BCUT2D eigenvalue weighted by Crippen LogP contribution is 2.30. The molecule has 1 unspecified atom stereocenters. The summed E-state index contributed by atoms with van der Waals surface area (Å²) in [4.78, 5) is 0. The number of hydrogen-bond acceptors (Lipinski definition) is 3. The molecule has 0 fully saturated rings. The van der Waals surface area contributed by atoms with Gasteiger partial charge in [0.15, 0.2) is 6.10 Å². The number of aromatic nitrogens is 2. The number of rotatable bonds is 2. The predicted molar refractivity (Wildman–Crippen MR) is 55.5 cm³/mol. The van der Waals surface area contributed by atoms with Crippen LogP contribution in [-0.4, -0.2) is 21.7 Å². The van der Waals surface area contributed by atoms with Crippen molar-refractivity contribution >= 4 is 22.5 Å². The third-order valence-electron chi connectivity index (χ3n) is 2.15. The highest BCUT2D eigenvalue weighted by molar-refractivity contribution is 6.35. The van der Waals surface area contributed by atoms with Gasteiger partial charge < -0.3 is 5.11 Å². The summed E-state index contributed by atoms with van der Waals surface area (Å²) in [6, 6.07) is 6.73. The summed E-state index contributed by atoms with van der Waals surface area (Å²) in [5.74, 6) is 0. The molecule has 1 N–H and O–H groups in total. The average Bonchev–Trinajstić information content (AvgIpc) is 2.29. The number of aliphatic hydroxyl groups is 1. The second-order valence-electron chi connectivity index (χ2n) is 3.20. The number of alkyl halides is 2. The molecule has 16 heavy (non-hydrogen) atoms. The summed E-state index contributed by atoms with van der Waals surface area (Å²) in [5, 5.41) is 16.9. The number of halogens is 3. The zero-order chi connectivity index (χ0) is 11.7. The highest BCUT2D eigenvalue weighted by atomic mass is 35.5. The summed E-state index contributed by atoms with van der Waals surface area (Å²) in [5.41, 5.74) is 0.202. The number of nitrogens with zero attached hydrogens (tertiary/aromatic N) is 2. The Bertz CT molecular complexity index is 521. The minimum atomic E-state index is -2.94. The molecule has 0 saturated heterocycles. The predicted octanol–water partition coefficient (Wildman–Crippen LogP) is 2.58. The normalized spacial score (nSPS) is 13.3. The first kappa shape index (κ1) is 11.2. The molecular formula is C10H7ClF2N2O. The van der Waals surface area contributed by atoms with E-state index in [0.717, 1.165) is 0 Å². The van der Waals surface area contributed by atoms with Crippen molar-refractivity contribution in [3.05, 3.63) is 35.0 Å². The van der Waals surface area contributed by atoms with Crippen molar-refractivity contribution in [3.63, 3.8) is 0 Å². The van der Waals surface area contributed by atoms with Crippen molar-refractivity contribution in [3.8, 4) is 0 Å². The maximum absolute atomic E-state index is 12.3. The fraction of sp³-hybridized carbons (Fsp3) is 0.200. The highest BCUT2D eigenvalue weighted by Gasteiger charge is 2.24. The molecule has 0 aliphatic heterocycles. The number of fused-ring (bicyclic) bond motifs is 1. The van der Waals surface area contributed by atoms with Gasteiger partial charge in [-0.1, -0.05) is 29.8 Å². The van der Waals surface area contributed by atoms with Gasteiger partial charge in [-0.05, 0) is 6.07 Å². The number of aliphatic hydroxyl groups excluding tert-OH is 1. The summed E-state index contributed by atoms with van der Waals surface area (Å²) in [6.07, 6.45) is -4.95. The van der Waals surface area contributed by atoms with Crippen LogP contribution in [0.15, 0.2) is 24.3 Å². The molecule has 0 aliphatic rings. The van der Waals surface area contributed by atoms with E-state index in [0.29, 0.717) is 10.9 Å². The average molecular weight is 245 g/mol. The smallest absolute Gasteiger partial charge is 0.269 e. The molecule has 0 bridgehead atoms. The topological polar surface area (TPSA) is 46.0 Å².